The van der Waals surface area contributed by atoms with Gasteiger partial charge in [0.05, 0.1) is 31.6 Å². The van der Waals surface area contributed by atoms with Gasteiger partial charge >= 0.3 is 0 Å². The Morgan fingerprint density at radius 3 is 2.95 bits per heavy atom. The van der Waals surface area contributed by atoms with E-state index in [0.717, 1.165) is 44.8 Å². The number of morpholine rings is 1. The zero-order chi connectivity index (χ0) is 15.2. The fourth-order valence-electron chi connectivity index (χ4n) is 2.78. The van der Waals surface area contributed by atoms with Gasteiger partial charge < -0.3 is 9.84 Å². The molecule has 22 heavy (non-hydrogen) atoms. The van der Waals surface area contributed by atoms with E-state index in [9.17, 15) is 5.11 Å². The molecule has 2 aromatic rings. The predicted molar refractivity (Wildman–Crippen MR) is 82.2 cm³/mol. The number of ether oxygens (including phenoxy) is 1. The van der Waals surface area contributed by atoms with Crippen molar-refractivity contribution in [2.45, 2.75) is 25.2 Å². The van der Waals surface area contributed by atoms with Crippen molar-refractivity contribution in [2.24, 2.45) is 0 Å². The first-order chi connectivity index (χ1) is 10.8. The summed E-state index contributed by atoms with van der Waals surface area (Å²) in [5.41, 5.74) is 0.981. The highest BCUT2D eigenvalue weighted by molar-refractivity contribution is 5.17. The Hall–Kier alpha value is -1.76. The first kappa shape index (κ1) is 15.1. The zero-order valence-electron chi connectivity index (χ0n) is 12.6. The average molecular weight is 302 g/mol. The van der Waals surface area contributed by atoms with Crippen molar-refractivity contribution < 1.29 is 9.84 Å². The molecule has 118 valence electrons. The van der Waals surface area contributed by atoms with Gasteiger partial charge in [0.25, 0.3) is 0 Å². The molecule has 1 N–H and O–H groups in total. The number of aromatic nitrogens is 3. The molecule has 1 saturated heterocycles. The third-order valence-corrected chi connectivity index (χ3v) is 3.99. The number of nitrogens with zero attached hydrogens (tertiary/aromatic N) is 4. The van der Waals surface area contributed by atoms with Crippen LogP contribution in [0.5, 0.6) is 0 Å². The number of aliphatic hydroxyl groups is 1. The average Bonchev–Trinajstić information content (AvgIpc) is 3.07. The van der Waals surface area contributed by atoms with E-state index in [1.54, 1.807) is 10.9 Å². The lowest BCUT2D eigenvalue weighted by atomic mass is 10.1. The summed E-state index contributed by atoms with van der Waals surface area (Å²) < 4.78 is 7.58. The number of hydrogen-bond donors (Lipinski definition) is 1. The largest absolute Gasteiger partial charge is 0.388 e. The van der Waals surface area contributed by atoms with Gasteiger partial charge in [-0.1, -0.05) is 35.5 Å². The summed E-state index contributed by atoms with van der Waals surface area (Å²) in [5.74, 6) is 0. The first-order valence-electron chi connectivity index (χ1n) is 7.72. The van der Waals surface area contributed by atoms with Gasteiger partial charge in [-0.15, -0.1) is 5.10 Å². The van der Waals surface area contributed by atoms with Crippen LogP contribution in [0, 0.1) is 0 Å². The van der Waals surface area contributed by atoms with Crippen LogP contribution in [0.3, 0.4) is 0 Å². The minimum Gasteiger partial charge on any atom is -0.388 e. The predicted octanol–water partition coefficient (Wildman–Crippen LogP) is 1.10. The minimum atomic E-state index is -0.405. The van der Waals surface area contributed by atoms with Gasteiger partial charge in [-0.05, 0) is 12.0 Å². The molecule has 0 bridgehead atoms. The molecular weight excluding hydrogens is 280 g/mol. The van der Waals surface area contributed by atoms with Crippen molar-refractivity contribution >= 4 is 0 Å². The Kier molecular flexibility index (Phi) is 5.15. The molecular formula is C16H22N4O2. The number of benzene rings is 1. The quantitative estimate of drug-likeness (QED) is 0.866. The molecule has 0 saturated carbocycles. The SMILES string of the molecule is O[C@@H](CCN1CCOC(Cn2ccnn2)C1)c1ccccc1. The Balaban J connectivity index is 1.46. The molecule has 0 aliphatic carbocycles. The van der Waals surface area contributed by atoms with E-state index in [1.807, 2.05) is 36.5 Å². The maximum absolute atomic E-state index is 10.2. The molecule has 3 rings (SSSR count). The molecule has 1 unspecified atom stereocenters. The highest BCUT2D eigenvalue weighted by Gasteiger charge is 2.21. The van der Waals surface area contributed by atoms with Crippen LogP contribution in [0.25, 0.3) is 0 Å². The third-order valence-electron chi connectivity index (χ3n) is 3.99. The molecule has 1 fully saturated rings. The van der Waals surface area contributed by atoms with Crippen LogP contribution in [-0.4, -0.2) is 57.3 Å². The summed E-state index contributed by atoms with van der Waals surface area (Å²) in [4.78, 5) is 2.34. The van der Waals surface area contributed by atoms with E-state index in [2.05, 4.69) is 15.2 Å². The van der Waals surface area contributed by atoms with Crippen LogP contribution in [0.15, 0.2) is 42.7 Å². The lowest BCUT2D eigenvalue weighted by molar-refractivity contribution is -0.0408. The smallest absolute Gasteiger partial charge is 0.0898 e. The molecule has 1 aliphatic rings. The summed E-state index contributed by atoms with van der Waals surface area (Å²) in [6.45, 7) is 4.09. The van der Waals surface area contributed by atoms with Crippen molar-refractivity contribution in [1.29, 1.82) is 0 Å². The maximum Gasteiger partial charge on any atom is 0.0898 e. The van der Waals surface area contributed by atoms with E-state index in [4.69, 9.17) is 4.74 Å². The third kappa shape index (κ3) is 4.13. The second-order valence-electron chi connectivity index (χ2n) is 5.63. The molecule has 1 aliphatic heterocycles. The molecule has 0 radical (unpaired) electrons. The second kappa shape index (κ2) is 7.49. The summed E-state index contributed by atoms with van der Waals surface area (Å²) in [6.07, 6.45) is 3.99. The molecule has 6 nitrogen and oxygen atoms in total. The summed E-state index contributed by atoms with van der Waals surface area (Å²) in [6, 6.07) is 9.82. The molecule has 0 spiro atoms. The normalized spacial score (nSPS) is 20.9. The van der Waals surface area contributed by atoms with Crippen molar-refractivity contribution in [1.82, 2.24) is 19.9 Å². The Morgan fingerprint density at radius 1 is 1.32 bits per heavy atom. The number of rotatable bonds is 6. The summed E-state index contributed by atoms with van der Waals surface area (Å²) >= 11 is 0. The van der Waals surface area contributed by atoms with Crippen LogP contribution in [-0.2, 0) is 11.3 Å². The Bertz CT molecular complexity index is 547. The fourth-order valence-corrected chi connectivity index (χ4v) is 2.78. The van der Waals surface area contributed by atoms with Crippen molar-refractivity contribution in [3.8, 4) is 0 Å². The van der Waals surface area contributed by atoms with Crippen molar-refractivity contribution in [2.75, 3.05) is 26.2 Å². The zero-order valence-corrected chi connectivity index (χ0v) is 12.6. The van der Waals surface area contributed by atoms with Gasteiger partial charge in [0.15, 0.2) is 0 Å². The number of hydrogen-bond acceptors (Lipinski definition) is 5. The Morgan fingerprint density at radius 2 is 2.18 bits per heavy atom. The van der Waals surface area contributed by atoms with Crippen LogP contribution in [0.2, 0.25) is 0 Å². The molecule has 2 heterocycles. The number of aliphatic hydroxyl groups excluding tert-OH is 1. The van der Waals surface area contributed by atoms with Crippen LogP contribution in [0.4, 0.5) is 0 Å². The lowest BCUT2D eigenvalue weighted by Gasteiger charge is -2.33. The van der Waals surface area contributed by atoms with Crippen LogP contribution < -0.4 is 0 Å². The molecule has 2 atom stereocenters. The maximum atomic E-state index is 10.2. The van der Waals surface area contributed by atoms with E-state index < -0.39 is 6.10 Å². The first-order valence-corrected chi connectivity index (χ1v) is 7.72. The summed E-state index contributed by atoms with van der Waals surface area (Å²) in [5, 5.41) is 18.0. The van der Waals surface area contributed by atoms with E-state index in [-0.39, 0.29) is 6.10 Å². The van der Waals surface area contributed by atoms with Crippen molar-refractivity contribution in [3.63, 3.8) is 0 Å². The monoisotopic (exact) mass is 302 g/mol. The molecule has 0 amide bonds. The molecule has 1 aromatic carbocycles. The highest BCUT2D eigenvalue weighted by atomic mass is 16.5. The van der Waals surface area contributed by atoms with Gasteiger partial charge in [-0.2, -0.15) is 0 Å². The van der Waals surface area contributed by atoms with Crippen LogP contribution >= 0.6 is 0 Å². The van der Waals surface area contributed by atoms with Gasteiger partial charge in [0, 0.05) is 25.8 Å². The molecule has 1 aromatic heterocycles. The van der Waals surface area contributed by atoms with Crippen LogP contribution in [0.1, 0.15) is 18.1 Å². The minimum absolute atomic E-state index is 0.129. The van der Waals surface area contributed by atoms with E-state index in [0.29, 0.717) is 0 Å². The highest BCUT2D eigenvalue weighted by Crippen LogP contribution is 2.17. The van der Waals surface area contributed by atoms with Gasteiger partial charge in [0.1, 0.15) is 0 Å². The topological polar surface area (TPSA) is 63.4 Å². The Labute approximate surface area is 130 Å². The van der Waals surface area contributed by atoms with Gasteiger partial charge in [0.2, 0.25) is 0 Å². The lowest BCUT2D eigenvalue weighted by Crippen LogP contribution is -2.44. The van der Waals surface area contributed by atoms with Gasteiger partial charge in [-0.3, -0.25) is 4.90 Å². The van der Waals surface area contributed by atoms with Crippen molar-refractivity contribution in [3.05, 3.63) is 48.3 Å². The van der Waals surface area contributed by atoms with Gasteiger partial charge in [-0.25, -0.2) is 4.68 Å². The fraction of sp³-hybridized carbons (Fsp3) is 0.500. The standard InChI is InChI=1S/C16H22N4O2/c21-16(14-4-2-1-3-5-14)6-8-19-10-11-22-15(12-19)13-20-9-7-17-18-20/h1-5,7,9,15-16,21H,6,8,10-13H2/t15?,16-/m0/s1. The molecule has 6 heteroatoms. The second-order valence-corrected chi connectivity index (χ2v) is 5.63. The van der Waals surface area contributed by atoms with E-state index in [1.165, 1.54) is 0 Å². The summed E-state index contributed by atoms with van der Waals surface area (Å²) in [7, 11) is 0. The van der Waals surface area contributed by atoms with E-state index >= 15 is 0 Å².